The zero-order valence-electron chi connectivity index (χ0n) is 16.4. The first-order chi connectivity index (χ1) is 14.2. The molecule has 7 heteroatoms. The summed E-state index contributed by atoms with van der Waals surface area (Å²) in [6.07, 6.45) is 3.73. The fourth-order valence-electron chi connectivity index (χ4n) is 3.76. The second-order valence-electron chi connectivity index (χ2n) is 7.36. The first-order valence-corrected chi connectivity index (χ1v) is 10.1. The van der Waals surface area contributed by atoms with Gasteiger partial charge in [-0.2, -0.15) is 0 Å². The molecule has 0 aliphatic carbocycles. The van der Waals surface area contributed by atoms with Crippen molar-refractivity contribution in [2.24, 2.45) is 0 Å². The zero-order chi connectivity index (χ0) is 20.1. The zero-order valence-corrected chi connectivity index (χ0v) is 16.4. The molecule has 0 saturated carbocycles. The third kappa shape index (κ3) is 4.86. The van der Waals surface area contributed by atoms with Crippen molar-refractivity contribution in [1.82, 2.24) is 4.90 Å². The predicted octanol–water partition coefficient (Wildman–Crippen LogP) is 3.54. The Morgan fingerprint density at radius 3 is 2.48 bits per heavy atom. The Hall–Kier alpha value is -3.06. The Balaban J connectivity index is 1.44. The molecule has 0 radical (unpaired) electrons. The number of fused-ring (bicyclic) bond motifs is 1. The molecule has 0 unspecified atom stereocenters. The van der Waals surface area contributed by atoms with E-state index in [0.717, 1.165) is 19.6 Å². The van der Waals surface area contributed by atoms with E-state index in [0.29, 0.717) is 29.4 Å². The van der Waals surface area contributed by atoms with E-state index < -0.39 is 0 Å². The van der Waals surface area contributed by atoms with Crippen molar-refractivity contribution >= 4 is 29.0 Å². The summed E-state index contributed by atoms with van der Waals surface area (Å²) in [6, 6.07) is 14.3. The minimum atomic E-state index is -0.334. The molecule has 2 aromatic carbocycles. The number of amides is 3. The number of carbonyl (C=O) groups is 2. The van der Waals surface area contributed by atoms with Gasteiger partial charge in [0.1, 0.15) is 5.75 Å². The van der Waals surface area contributed by atoms with Crippen LogP contribution >= 0.6 is 0 Å². The van der Waals surface area contributed by atoms with Gasteiger partial charge in [0, 0.05) is 24.5 Å². The van der Waals surface area contributed by atoms with Crippen LogP contribution in [-0.4, -0.2) is 49.6 Å². The number of piperidine rings is 1. The van der Waals surface area contributed by atoms with Gasteiger partial charge < -0.3 is 25.2 Å². The lowest BCUT2D eigenvalue weighted by atomic mass is 10.1. The number of para-hydroxylation sites is 1. The quantitative estimate of drug-likeness (QED) is 0.814. The van der Waals surface area contributed by atoms with Gasteiger partial charge >= 0.3 is 6.03 Å². The summed E-state index contributed by atoms with van der Waals surface area (Å²) < 4.78 is 5.58. The number of hydrogen-bond acceptors (Lipinski definition) is 4. The molecule has 7 nitrogen and oxygen atoms in total. The first-order valence-electron chi connectivity index (χ1n) is 10.1. The average molecular weight is 394 g/mol. The summed E-state index contributed by atoms with van der Waals surface area (Å²) in [6.45, 7) is 3.69. The second kappa shape index (κ2) is 8.96. The number of likely N-dealkylation sites (tertiary alicyclic amines) is 1. The molecule has 4 rings (SSSR count). The van der Waals surface area contributed by atoms with Crippen molar-refractivity contribution in [3.8, 4) is 5.75 Å². The molecule has 2 heterocycles. The van der Waals surface area contributed by atoms with E-state index in [4.69, 9.17) is 4.74 Å². The van der Waals surface area contributed by atoms with E-state index in [9.17, 15) is 9.59 Å². The van der Waals surface area contributed by atoms with Gasteiger partial charge in [0.25, 0.3) is 5.91 Å². The van der Waals surface area contributed by atoms with Crippen molar-refractivity contribution in [1.29, 1.82) is 0 Å². The van der Waals surface area contributed by atoms with E-state index in [1.165, 1.54) is 19.3 Å². The smallest absolute Gasteiger partial charge is 0.323 e. The number of rotatable bonds is 5. The highest BCUT2D eigenvalue weighted by atomic mass is 16.5. The molecule has 1 saturated heterocycles. The Morgan fingerprint density at radius 2 is 1.69 bits per heavy atom. The summed E-state index contributed by atoms with van der Waals surface area (Å²) in [7, 11) is 0. The molecule has 0 aromatic heterocycles. The topological polar surface area (TPSA) is 73.9 Å². The molecule has 29 heavy (non-hydrogen) atoms. The lowest BCUT2D eigenvalue weighted by Gasteiger charge is -2.33. The average Bonchev–Trinajstić information content (AvgIpc) is 2.74. The predicted molar refractivity (Wildman–Crippen MR) is 114 cm³/mol. The molecule has 2 aromatic rings. The highest BCUT2D eigenvalue weighted by molar-refractivity contribution is 6.02. The van der Waals surface area contributed by atoms with Crippen LogP contribution in [0.3, 0.4) is 0 Å². The highest BCUT2D eigenvalue weighted by Gasteiger charge is 2.26. The number of hydrogen-bond donors (Lipinski definition) is 2. The minimum Gasteiger partial charge on any atom is -0.482 e. The Kier molecular flexibility index (Phi) is 5.95. The van der Waals surface area contributed by atoms with Crippen LogP contribution in [0.25, 0.3) is 0 Å². The Labute approximate surface area is 170 Å². The van der Waals surface area contributed by atoms with Crippen LogP contribution in [0.1, 0.15) is 19.3 Å². The third-order valence-electron chi connectivity index (χ3n) is 5.28. The maximum Gasteiger partial charge on any atom is 0.323 e. The van der Waals surface area contributed by atoms with Crippen molar-refractivity contribution in [3.63, 3.8) is 0 Å². The molecule has 1 fully saturated rings. The third-order valence-corrected chi connectivity index (χ3v) is 5.28. The van der Waals surface area contributed by atoms with E-state index in [-0.39, 0.29) is 18.5 Å². The summed E-state index contributed by atoms with van der Waals surface area (Å²) in [4.78, 5) is 29.0. The Morgan fingerprint density at radius 1 is 0.931 bits per heavy atom. The van der Waals surface area contributed by atoms with Gasteiger partial charge in [0.05, 0.1) is 5.69 Å². The molecule has 2 aliphatic rings. The van der Waals surface area contributed by atoms with Crippen LogP contribution in [-0.2, 0) is 4.79 Å². The summed E-state index contributed by atoms with van der Waals surface area (Å²) in [5.74, 6) is 0.609. The van der Waals surface area contributed by atoms with E-state index in [1.54, 1.807) is 23.1 Å². The highest BCUT2D eigenvalue weighted by Crippen LogP contribution is 2.34. The van der Waals surface area contributed by atoms with Crippen molar-refractivity contribution < 1.29 is 14.3 Å². The molecule has 2 aliphatic heterocycles. The number of nitrogens with zero attached hydrogens (tertiary/aromatic N) is 2. The van der Waals surface area contributed by atoms with Gasteiger partial charge in [-0.25, -0.2) is 4.79 Å². The summed E-state index contributed by atoms with van der Waals surface area (Å²) in [5.41, 5.74) is 2.03. The largest absolute Gasteiger partial charge is 0.482 e. The van der Waals surface area contributed by atoms with Gasteiger partial charge in [-0.05, 0) is 56.3 Å². The maximum atomic E-state index is 12.5. The summed E-state index contributed by atoms with van der Waals surface area (Å²) >= 11 is 0. The summed E-state index contributed by atoms with van der Waals surface area (Å²) in [5, 5.41) is 5.62. The van der Waals surface area contributed by atoms with E-state index >= 15 is 0 Å². The molecular weight excluding hydrogens is 368 g/mol. The van der Waals surface area contributed by atoms with Gasteiger partial charge in [0.2, 0.25) is 0 Å². The van der Waals surface area contributed by atoms with Crippen molar-refractivity contribution in [3.05, 3.63) is 48.5 Å². The number of urea groups is 1. The van der Waals surface area contributed by atoms with Crippen LogP contribution in [0.4, 0.5) is 21.9 Å². The number of benzene rings is 2. The van der Waals surface area contributed by atoms with Crippen LogP contribution < -0.4 is 20.3 Å². The first kappa shape index (κ1) is 19.3. The monoisotopic (exact) mass is 394 g/mol. The molecular formula is C22H26N4O3. The van der Waals surface area contributed by atoms with Crippen LogP contribution in [0.5, 0.6) is 5.75 Å². The molecule has 0 bridgehead atoms. The number of anilines is 3. The standard InChI is InChI=1S/C22H26N4O3/c27-21-16-29-20-10-9-18(24-22(28)23-17-7-3-1-4-8-17)15-19(20)26(21)14-13-25-11-5-2-6-12-25/h1,3-4,7-10,15H,2,5-6,11-14,16H2,(H2,23,24,28). The molecule has 152 valence electrons. The minimum absolute atomic E-state index is 0.0499. The van der Waals surface area contributed by atoms with E-state index in [2.05, 4.69) is 15.5 Å². The van der Waals surface area contributed by atoms with Crippen LogP contribution in [0, 0.1) is 0 Å². The van der Waals surface area contributed by atoms with Gasteiger partial charge in [0.15, 0.2) is 6.61 Å². The van der Waals surface area contributed by atoms with Crippen molar-refractivity contribution in [2.45, 2.75) is 19.3 Å². The van der Waals surface area contributed by atoms with Gasteiger partial charge in [-0.3, -0.25) is 4.79 Å². The van der Waals surface area contributed by atoms with Crippen LogP contribution in [0.2, 0.25) is 0 Å². The number of carbonyl (C=O) groups excluding carboxylic acids is 2. The van der Waals surface area contributed by atoms with Crippen molar-refractivity contribution in [2.75, 3.05) is 48.3 Å². The maximum absolute atomic E-state index is 12.5. The lowest BCUT2D eigenvalue weighted by molar-refractivity contribution is -0.121. The number of nitrogens with one attached hydrogen (secondary N) is 2. The van der Waals surface area contributed by atoms with E-state index in [1.807, 2.05) is 30.3 Å². The SMILES string of the molecule is O=C(Nc1ccccc1)Nc1ccc2c(c1)N(CCN1CCCCC1)C(=O)CO2. The Bertz CT molecular complexity index is 866. The van der Waals surface area contributed by atoms with Crippen LogP contribution in [0.15, 0.2) is 48.5 Å². The molecule has 0 atom stereocenters. The second-order valence-corrected chi connectivity index (χ2v) is 7.36. The fraction of sp³-hybridized carbons (Fsp3) is 0.364. The lowest BCUT2D eigenvalue weighted by Crippen LogP contribution is -2.44. The van der Waals surface area contributed by atoms with Gasteiger partial charge in [-0.1, -0.05) is 24.6 Å². The van der Waals surface area contributed by atoms with Gasteiger partial charge in [-0.15, -0.1) is 0 Å². The molecule has 2 N–H and O–H groups in total. The fourth-order valence-corrected chi connectivity index (χ4v) is 3.76. The molecule has 3 amide bonds. The number of ether oxygens (including phenoxy) is 1. The normalized spacial score (nSPS) is 16.7. The molecule has 0 spiro atoms.